The zero-order chi connectivity index (χ0) is 12.3. The zero-order valence-electron chi connectivity index (χ0n) is 10.7. The van der Waals surface area contributed by atoms with Gasteiger partial charge in [0.1, 0.15) is 5.54 Å². The minimum atomic E-state index is -0.403. The smallest absolute Gasteiger partial charge is 0.238 e. The number of primary amides is 1. The Labute approximate surface area is 108 Å². The molecule has 4 heteroatoms. The van der Waals surface area contributed by atoms with Gasteiger partial charge in [-0.05, 0) is 43.8 Å². The number of unbranched alkanes of at least 4 members (excludes halogenated alkanes) is 1. The largest absolute Gasteiger partial charge is 0.368 e. The Morgan fingerprint density at radius 2 is 2.12 bits per heavy atom. The Balaban J connectivity index is 1.91. The fourth-order valence-corrected chi connectivity index (χ4v) is 3.69. The van der Waals surface area contributed by atoms with Crippen LogP contribution in [-0.2, 0) is 4.79 Å². The van der Waals surface area contributed by atoms with Crippen LogP contribution in [0.5, 0.6) is 0 Å². The lowest BCUT2D eigenvalue weighted by atomic mass is 9.94. The highest BCUT2D eigenvalue weighted by atomic mass is 32.2. The average molecular weight is 256 g/mol. The van der Waals surface area contributed by atoms with Crippen LogP contribution in [0, 0.1) is 5.92 Å². The minimum absolute atomic E-state index is 0.129. The van der Waals surface area contributed by atoms with Gasteiger partial charge in [-0.25, -0.2) is 0 Å². The molecule has 1 atom stereocenters. The van der Waals surface area contributed by atoms with Crippen LogP contribution in [0.25, 0.3) is 0 Å². The third kappa shape index (κ3) is 3.38. The van der Waals surface area contributed by atoms with E-state index in [-0.39, 0.29) is 5.91 Å². The van der Waals surface area contributed by atoms with E-state index >= 15 is 0 Å². The van der Waals surface area contributed by atoms with Crippen molar-refractivity contribution in [3.05, 3.63) is 0 Å². The predicted octanol–water partition coefficient (Wildman–Crippen LogP) is 1.91. The van der Waals surface area contributed by atoms with Gasteiger partial charge in [-0.1, -0.05) is 13.3 Å². The van der Waals surface area contributed by atoms with Crippen molar-refractivity contribution in [2.24, 2.45) is 11.7 Å². The summed E-state index contributed by atoms with van der Waals surface area (Å²) in [7, 11) is 0. The van der Waals surface area contributed by atoms with E-state index in [9.17, 15) is 4.79 Å². The van der Waals surface area contributed by atoms with Crippen molar-refractivity contribution >= 4 is 17.7 Å². The summed E-state index contributed by atoms with van der Waals surface area (Å²) in [6.45, 7) is 2.20. The molecule has 0 saturated heterocycles. The van der Waals surface area contributed by atoms with Crippen molar-refractivity contribution in [3.8, 4) is 0 Å². The molecule has 0 radical (unpaired) electrons. The summed E-state index contributed by atoms with van der Waals surface area (Å²) in [5, 5.41) is 3.55. The quantitative estimate of drug-likeness (QED) is 0.620. The number of hydrogen-bond donors (Lipinski definition) is 2. The molecule has 3 N–H and O–H groups in total. The molecular formula is C13H24N2OS. The van der Waals surface area contributed by atoms with E-state index in [2.05, 4.69) is 12.2 Å². The average Bonchev–Trinajstić information content (AvgIpc) is 3.15. The molecule has 0 bridgehead atoms. The zero-order valence-corrected chi connectivity index (χ0v) is 11.5. The molecule has 0 heterocycles. The van der Waals surface area contributed by atoms with Crippen LogP contribution in [-0.4, -0.2) is 29.0 Å². The molecule has 0 aromatic carbocycles. The van der Waals surface area contributed by atoms with E-state index in [0.717, 1.165) is 24.3 Å². The van der Waals surface area contributed by atoms with Gasteiger partial charge in [0.05, 0.1) is 0 Å². The number of nitrogens with one attached hydrogen (secondary N) is 1. The van der Waals surface area contributed by atoms with Crippen LogP contribution in [0.3, 0.4) is 0 Å². The molecule has 0 aromatic rings. The highest BCUT2D eigenvalue weighted by Gasteiger charge is 2.51. The second kappa shape index (κ2) is 5.61. The molecule has 3 nitrogen and oxygen atoms in total. The van der Waals surface area contributed by atoms with Gasteiger partial charge in [-0.15, -0.1) is 0 Å². The summed E-state index contributed by atoms with van der Waals surface area (Å²) in [5.41, 5.74) is 5.29. The first-order valence-electron chi connectivity index (χ1n) is 6.84. The molecular weight excluding hydrogens is 232 g/mol. The molecule has 0 aromatic heterocycles. The summed E-state index contributed by atoms with van der Waals surface area (Å²) in [6.07, 6.45) is 7.19. The SMILES string of the molecule is CCCCSCC(NC1CC1)(C(N)=O)C1CC1. The van der Waals surface area contributed by atoms with Gasteiger partial charge in [0.2, 0.25) is 5.91 Å². The van der Waals surface area contributed by atoms with Crippen molar-refractivity contribution in [3.63, 3.8) is 0 Å². The first-order valence-corrected chi connectivity index (χ1v) is 8.00. The van der Waals surface area contributed by atoms with Crippen molar-refractivity contribution < 1.29 is 4.79 Å². The Morgan fingerprint density at radius 3 is 2.59 bits per heavy atom. The molecule has 2 saturated carbocycles. The molecule has 0 spiro atoms. The highest BCUT2D eigenvalue weighted by Crippen LogP contribution is 2.43. The highest BCUT2D eigenvalue weighted by molar-refractivity contribution is 7.99. The Kier molecular flexibility index (Phi) is 4.36. The Morgan fingerprint density at radius 1 is 1.41 bits per heavy atom. The summed E-state index contributed by atoms with van der Waals surface area (Å²) in [6, 6.07) is 0.551. The van der Waals surface area contributed by atoms with Crippen LogP contribution in [0.4, 0.5) is 0 Å². The second-order valence-electron chi connectivity index (χ2n) is 5.43. The maximum absolute atomic E-state index is 11.9. The van der Waals surface area contributed by atoms with Crippen LogP contribution < -0.4 is 11.1 Å². The molecule has 17 heavy (non-hydrogen) atoms. The fourth-order valence-electron chi connectivity index (χ4n) is 2.27. The van der Waals surface area contributed by atoms with Gasteiger partial charge in [0, 0.05) is 11.8 Å². The van der Waals surface area contributed by atoms with Gasteiger partial charge >= 0.3 is 0 Å². The number of hydrogen-bond acceptors (Lipinski definition) is 3. The fraction of sp³-hybridized carbons (Fsp3) is 0.923. The van der Waals surface area contributed by atoms with Crippen LogP contribution in [0.15, 0.2) is 0 Å². The second-order valence-corrected chi connectivity index (χ2v) is 6.54. The van der Waals surface area contributed by atoms with Crippen molar-refractivity contribution in [1.82, 2.24) is 5.32 Å². The number of rotatable bonds is 9. The molecule has 2 fully saturated rings. The summed E-state index contributed by atoms with van der Waals surface area (Å²) in [4.78, 5) is 11.9. The lowest BCUT2D eigenvalue weighted by Crippen LogP contribution is -2.60. The monoisotopic (exact) mass is 256 g/mol. The number of nitrogens with two attached hydrogens (primary N) is 1. The summed E-state index contributed by atoms with van der Waals surface area (Å²) in [5.74, 6) is 2.37. The molecule has 2 aliphatic rings. The van der Waals surface area contributed by atoms with E-state index < -0.39 is 5.54 Å². The first-order chi connectivity index (χ1) is 8.19. The van der Waals surface area contributed by atoms with Crippen LogP contribution in [0.1, 0.15) is 45.4 Å². The lowest BCUT2D eigenvalue weighted by Gasteiger charge is -2.32. The van der Waals surface area contributed by atoms with Gasteiger partial charge < -0.3 is 5.73 Å². The standard InChI is InChI=1S/C13H24N2OS/c1-2-3-8-17-9-13(12(14)16,10-4-5-10)15-11-6-7-11/h10-11,15H,2-9H2,1H3,(H2,14,16). The van der Waals surface area contributed by atoms with Crippen molar-refractivity contribution in [1.29, 1.82) is 0 Å². The van der Waals surface area contributed by atoms with Gasteiger partial charge in [-0.3, -0.25) is 10.1 Å². The molecule has 1 amide bonds. The predicted molar refractivity (Wildman–Crippen MR) is 73.0 cm³/mol. The lowest BCUT2D eigenvalue weighted by molar-refractivity contribution is -0.124. The molecule has 1 unspecified atom stereocenters. The topological polar surface area (TPSA) is 55.1 Å². The van der Waals surface area contributed by atoms with E-state index in [4.69, 9.17) is 5.73 Å². The van der Waals surface area contributed by atoms with Crippen LogP contribution >= 0.6 is 11.8 Å². The molecule has 0 aliphatic heterocycles. The van der Waals surface area contributed by atoms with E-state index in [0.29, 0.717) is 12.0 Å². The summed E-state index contributed by atoms with van der Waals surface area (Å²) < 4.78 is 0. The number of amides is 1. The maximum atomic E-state index is 11.9. The molecule has 2 rings (SSSR count). The number of carbonyl (C=O) groups is 1. The summed E-state index contributed by atoms with van der Waals surface area (Å²) >= 11 is 1.89. The van der Waals surface area contributed by atoms with Gasteiger partial charge in [-0.2, -0.15) is 11.8 Å². The Bertz CT molecular complexity index is 277. The van der Waals surface area contributed by atoms with E-state index in [1.54, 1.807) is 0 Å². The molecule has 2 aliphatic carbocycles. The first kappa shape index (κ1) is 13.2. The number of thioether (sulfide) groups is 1. The third-order valence-electron chi connectivity index (χ3n) is 3.72. The van der Waals surface area contributed by atoms with Crippen molar-refractivity contribution in [2.75, 3.05) is 11.5 Å². The minimum Gasteiger partial charge on any atom is -0.368 e. The third-order valence-corrected chi connectivity index (χ3v) is 4.96. The number of carbonyl (C=O) groups excluding carboxylic acids is 1. The van der Waals surface area contributed by atoms with Gasteiger partial charge in [0.25, 0.3) is 0 Å². The van der Waals surface area contributed by atoms with Gasteiger partial charge in [0.15, 0.2) is 0 Å². The van der Waals surface area contributed by atoms with E-state index in [1.807, 2.05) is 11.8 Å². The van der Waals surface area contributed by atoms with E-state index in [1.165, 1.54) is 25.7 Å². The maximum Gasteiger partial charge on any atom is 0.238 e. The normalized spacial score (nSPS) is 23.4. The van der Waals surface area contributed by atoms with Crippen molar-refractivity contribution in [2.45, 2.75) is 57.0 Å². The molecule has 98 valence electrons. The Hall–Kier alpha value is -0.220. The van der Waals surface area contributed by atoms with Crippen LogP contribution in [0.2, 0.25) is 0 Å².